The molecule has 0 saturated heterocycles. The van der Waals surface area contributed by atoms with Crippen molar-refractivity contribution in [3.63, 3.8) is 0 Å². The Balaban J connectivity index is 4.17. The van der Waals surface area contributed by atoms with Gasteiger partial charge in [-0.25, -0.2) is 4.57 Å². The summed E-state index contributed by atoms with van der Waals surface area (Å²) in [6, 6.07) is 0. The van der Waals surface area contributed by atoms with Crippen LogP contribution in [-0.4, -0.2) is 65.6 Å². The van der Waals surface area contributed by atoms with Gasteiger partial charge in [0.2, 0.25) is 0 Å². The molecule has 3 N–H and O–H groups in total. The van der Waals surface area contributed by atoms with E-state index in [1.165, 1.54) is 77.0 Å². The summed E-state index contributed by atoms with van der Waals surface area (Å²) in [6.07, 6.45) is 33.3. The first-order chi connectivity index (χ1) is 27.2. The topological polar surface area (TPSA) is 149 Å². The van der Waals surface area contributed by atoms with Crippen molar-refractivity contribution in [1.82, 2.24) is 0 Å². The van der Waals surface area contributed by atoms with Gasteiger partial charge in [-0.1, -0.05) is 141 Å². The minimum atomic E-state index is -5.59. The lowest BCUT2D eigenvalue weighted by Crippen LogP contribution is -2.25. The molecule has 0 aliphatic carbocycles. The Kier molecular flexibility index (Phi) is 32.3. The number of aliphatic hydroxyl groups excluding tert-OH is 2. The van der Waals surface area contributed by atoms with E-state index in [0.717, 1.165) is 77.0 Å². The Morgan fingerprint density at radius 1 is 0.528 bits per heavy atom. The van der Waals surface area contributed by atoms with Crippen molar-refractivity contribution < 1.29 is 53.3 Å². The summed E-state index contributed by atoms with van der Waals surface area (Å²) in [7, 11) is -5.59. The van der Waals surface area contributed by atoms with E-state index < -0.39 is 58.3 Å². The minimum absolute atomic E-state index is 0.0521. The maximum Gasteiger partial charge on any atom is 0.472 e. The molecule has 312 valence electrons. The lowest BCUT2D eigenvalue weighted by Gasteiger charge is -2.17. The Morgan fingerprint density at radius 3 is 1.13 bits per heavy atom. The summed E-state index contributed by atoms with van der Waals surface area (Å²) >= 11 is 0. The number of allylic oxidation sites excluding steroid dienone is 4. The smallest absolute Gasteiger partial charge is 0.463 e. The Hall–Kier alpha value is -1.55. The number of aliphatic hydroxyl groups is 2. The van der Waals surface area contributed by atoms with Crippen LogP contribution in [0.4, 0.5) is 0 Å². The van der Waals surface area contributed by atoms with Crippen molar-refractivity contribution in [3.8, 4) is 0 Å². The van der Waals surface area contributed by atoms with Crippen molar-refractivity contribution in [2.24, 2.45) is 0 Å². The molecule has 2 atom stereocenters. The first-order valence-corrected chi connectivity index (χ1v) is 22.4. The quantitative estimate of drug-likeness (QED) is 0.0237. The fourth-order valence-corrected chi connectivity index (χ4v) is 6.06. The highest BCUT2D eigenvalue weighted by molar-refractivity contribution is 7.47. The molecule has 0 aromatic carbocycles. The molecule has 0 aromatic heterocycles. The van der Waals surface area contributed by atoms with E-state index in [1.807, 2.05) is 0 Å². The van der Waals surface area contributed by atoms with Crippen LogP contribution >= 0.6 is 7.82 Å². The Morgan fingerprint density at radius 2 is 0.811 bits per heavy atom. The summed E-state index contributed by atoms with van der Waals surface area (Å²) in [4.78, 5) is 34.2. The van der Waals surface area contributed by atoms with Gasteiger partial charge in [-0.15, -0.1) is 0 Å². The number of esters is 2. The van der Waals surface area contributed by atoms with Gasteiger partial charge in [0.1, 0.15) is 25.4 Å². The van der Waals surface area contributed by atoms with Crippen LogP contribution in [0.5, 0.6) is 0 Å². The van der Waals surface area contributed by atoms with Gasteiger partial charge in [0, 0.05) is 12.8 Å². The second-order valence-electron chi connectivity index (χ2n) is 14.0. The average Bonchev–Trinajstić information content (AvgIpc) is 3.14. The lowest BCUT2D eigenvalue weighted by molar-refractivity contribution is -0.147. The highest BCUT2D eigenvalue weighted by atomic mass is 31.2. The molecule has 0 aliphatic rings. The number of hydrogen-bond acceptors (Lipinski definition) is 9. The molecule has 0 aliphatic heterocycles. The van der Waals surface area contributed by atoms with Crippen LogP contribution in [0.2, 0.25) is 0 Å². The molecule has 0 heterocycles. The van der Waals surface area contributed by atoms with Gasteiger partial charge in [-0.05, 0) is 64.2 Å². The third kappa shape index (κ3) is 39.9. The molecule has 0 radical (unpaired) electrons. The number of phosphoric ester groups is 1. The van der Waals surface area contributed by atoms with E-state index in [0.29, 0.717) is 12.8 Å². The molecular formula is C42H79O10P. The fourth-order valence-electron chi connectivity index (χ4n) is 5.51. The van der Waals surface area contributed by atoms with Gasteiger partial charge in [0.15, 0.2) is 0 Å². The van der Waals surface area contributed by atoms with Crippen LogP contribution in [0.25, 0.3) is 0 Å². The van der Waals surface area contributed by atoms with Crippen LogP contribution in [0.1, 0.15) is 199 Å². The summed E-state index contributed by atoms with van der Waals surface area (Å²) in [6.45, 7) is -3.94. The predicted molar refractivity (Wildman–Crippen MR) is 215 cm³/mol. The van der Waals surface area contributed by atoms with E-state index in [9.17, 15) is 29.3 Å². The number of hydrogen-bond donors (Lipinski definition) is 3. The molecule has 0 aromatic rings. The maximum atomic E-state index is 12.5. The highest BCUT2D eigenvalue weighted by Gasteiger charge is 2.25. The van der Waals surface area contributed by atoms with Crippen LogP contribution in [0.15, 0.2) is 24.3 Å². The van der Waals surface area contributed by atoms with E-state index in [1.54, 1.807) is 0 Å². The van der Waals surface area contributed by atoms with Crippen molar-refractivity contribution in [3.05, 3.63) is 24.3 Å². The van der Waals surface area contributed by atoms with Gasteiger partial charge in [0.05, 0.1) is 18.6 Å². The Labute approximate surface area is 329 Å². The van der Waals surface area contributed by atoms with E-state index in [4.69, 9.17) is 15.0 Å². The molecule has 0 amide bonds. The van der Waals surface area contributed by atoms with Gasteiger partial charge >= 0.3 is 19.8 Å². The maximum absolute atomic E-state index is 12.5. The van der Waals surface area contributed by atoms with Crippen molar-refractivity contribution in [2.45, 2.75) is 206 Å². The second kappa shape index (κ2) is 38.7. The molecule has 0 fully saturated rings. The largest absolute Gasteiger partial charge is 0.472 e. The lowest BCUT2D eigenvalue weighted by atomic mass is 10.1. The van der Waals surface area contributed by atoms with Crippen molar-refractivity contribution in [2.75, 3.05) is 26.3 Å². The van der Waals surface area contributed by atoms with Gasteiger partial charge in [0.25, 0.3) is 0 Å². The molecule has 0 bridgehead atoms. The number of ether oxygens (including phenoxy) is 2. The molecule has 53 heavy (non-hydrogen) atoms. The van der Waals surface area contributed by atoms with Crippen LogP contribution in [0, 0.1) is 0 Å². The van der Waals surface area contributed by atoms with Crippen molar-refractivity contribution in [1.29, 1.82) is 0 Å². The second-order valence-corrected chi connectivity index (χ2v) is 15.3. The molecule has 0 saturated carbocycles. The first kappa shape index (κ1) is 44.2. The zero-order valence-electron chi connectivity index (χ0n) is 37.3. The molecule has 10 nitrogen and oxygen atoms in total. The predicted octanol–water partition coefficient (Wildman–Crippen LogP) is 11.0. The minimum Gasteiger partial charge on any atom is -0.463 e. The molecular weight excluding hydrogens is 695 g/mol. The average molecular weight is 779 g/mol. The number of phosphoric acid groups is 1. The summed E-state index contributed by atoms with van der Waals surface area (Å²) in [5.74, 6) is -1.37. The number of carbonyl (C=O) groups excluding carboxylic acids is 2. The molecule has 0 spiro atoms. The monoisotopic (exact) mass is 779 g/mol. The molecule has 0 rings (SSSR count). The normalized spacial score (nSPS) is 14.9. The number of carbonyl (C=O) groups is 2. The van der Waals surface area contributed by atoms with Crippen molar-refractivity contribution >= 4 is 19.8 Å². The zero-order chi connectivity index (χ0) is 42.7. The third-order valence-electron chi connectivity index (χ3n) is 8.70. The highest BCUT2D eigenvalue weighted by Crippen LogP contribution is 2.43. The number of rotatable bonds is 40. The Bertz CT molecular complexity index is 1030. The van der Waals surface area contributed by atoms with Crippen LogP contribution in [-0.2, 0) is 32.7 Å². The summed E-state index contributed by atoms with van der Waals surface area (Å²) in [5, 5.41) is 20.4. The van der Waals surface area contributed by atoms with E-state index in [2.05, 4.69) is 47.2 Å². The van der Waals surface area contributed by atoms with Gasteiger partial charge in [-0.2, -0.15) is 0 Å². The van der Waals surface area contributed by atoms with Gasteiger partial charge < -0.3 is 24.6 Å². The van der Waals surface area contributed by atoms with Gasteiger partial charge in [-0.3, -0.25) is 18.6 Å². The van der Waals surface area contributed by atoms with E-state index >= 15 is 0 Å². The van der Waals surface area contributed by atoms with Crippen LogP contribution < -0.4 is 0 Å². The van der Waals surface area contributed by atoms with E-state index in [-0.39, 0.29) is 12.8 Å². The third-order valence-corrected chi connectivity index (χ3v) is 9.37. The van der Waals surface area contributed by atoms with Crippen LogP contribution in [0.3, 0.4) is 0 Å². The molecule has 11 heteroatoms. The first-order valence-electron chi connectivity index (χ1n) is 22.9. The number of unbranched alkanes of at least 4 members (excludes halogenated alkanes) is 22. The SMILES string of the molecule is [2H]C([2H])(OP(=O)(O)OC([2H])([2H])[C@H](O)COC(=O)CCCCCCC/C=C\CCCCCCCC)[C@H](O)COC(=O)CCCCCCC/C=C\CCCCCCCC. The summed E-state index contributed by atoms with van der Waals surface area (Å²) < 4.78 is 62.3. The fraction of sp³-hybridized carbons (Fsp3) is 0.857. The zero-order valence-corrected chi connectivity index (χ0v) is 34.2. The standard InChI is InChI=1S/C42H79O10P/c1-3-5-7-9-11-13-15-17-19-21-23-25-27-29-31-33-41(45)49-35-39(43)37-51-53(47,48)52-38-40(44)36-50-42(46)34-32-30-28-26-24-22-20-18-16-14-12-10-8-6-4-2/h17-20,39-40,43-44H,3-16,21-38H2,1-2H3,(H,47,48)/b19-17-,20-18-/t39-,40-/m1/s1/i37D2,38D2. The molecule has 0 unspecified atom stereocenters. The summed E-state index contributed by atoms with van der Waals surface area (Å²) in [5.41, 5.74) is 0.